The highest BCUT2D eigenvalue weighted by Crippen LogP contribution is 2.25. The molecule has 1 unspecified atom stereocenters. The third-order valence-corrected chi connectivity index (χ3v) is 5.10. The van der Waals surface area contributed by atoms with Gasteiger partial charge in [0.15, 0.2) is 5.96 Å². The third-order valence-electron chi connectivity index (χ3n) is 3.89. The number of guanidine groups is 1. The van der Waals surface area contributed by atoms with Crippen molar-refractivity contribution in [3.05, 3.63) is 39.4 Å². The van der Waals surface area contributed by atoms with Crippen LogP contribution >= 0.6 is 46.9 Å². The third kappa shape index (κ3) is 5.42. The van der Waals surface area contributed by atoms with Crippen LogP contribution in [0.2, 0.25) is 5.02 Å². The Hall–Kier alpha value is -1.13. The van der Waals surface area contributed by atoms with Crippen LogP contribution in [0.4, 0.5) is 5.82 Å². The lowest BCUT2D eigenvalue weighted by Gasteiger charge is -2.20. The molecule has 6 nitrogen and oxygen atoms in total. The molecule has 136 valence electrons. The molecule has 3 heterocycles. The van der Waals surface area contributed by atoms with E-state index in [1.54, 1.807) is 24.6 Å². The minimum atomic E-state index is 0. The van der Waals surface area contributed by atoms with Gasteiger partial charge in [-0.3, -0.25) is 4.99 Å². The number of anilines is 1. The molecule has 0 amide bonds. The minimum Gasteiger partial charge on any atom is -0.353 e. The highest BCUT2D eigenvalue weighted by molar-refractivity contribution is 14.0. The molecule has 0 aliphatic carbocycles. The number of hydrogen-bond donors (Lipinski definition) is 2. The Morgan fingerprint density at radius 1 is 1.48 bits per heavy atom. The summed E-state index contributed by atoms with van der Waals surface area (Å²) in [6.45, 7) is 4.53. The van der Waals surface area contributed by atoms with E-state index in [1.807, 2.05) is 25.3 Å². The van der Waals surface area contributed by atoms with Gasteiger partial charge in [-0.15, -0.1) is 35.3 Å². The minimum absolute atomic E-state index is 0. The number of rotatable bonds is 4. The molecule has 1 atom stereocenters. The molecule has 2 N–H and O–H groups in total. The van der Waals surface area contributed by atoms with Crippen LogP contribution in [0.25, 0.3) is 0 Å². The van der Waals surface area contributed by atoms with E-state index in [0.717, 1.165) is 42.8 Å². The van der Waals surface area contributed by atoms with Gasteiger partial charge in [-0.05, 0) is 25.5 Å². The second-order valence-corrected chi connectivity index (χ2v) is 7.38. The first-order valence-corrected chi connectivity index (χ1v) is 9.09. The Balaban J connectivity index is 0.00000225. The highest BCUT2D eigenvalue weighted by Gasteiger charge is 2.25. The first-order chi connectivity index (χ1) is 11.7. The van der Waals surface area contributed by atoms with Crippen molar-refractivity contribution in [2.24, 2.45) is 4.99 Å². The standard InChI is InChI=1S/C16H21ClN6S.HI/c1-11-20-8-13(24-11)9-21-16(18-2)22-12-5-7-23(10-12)15-14(17)4-3-6-19-15;/h3-4,6,8,12H,5,7,9-10H2,1-2H3,(H2,18,21,22);1H. The van der Waals surface area contributed by atoms with Crippen LogP contribution in [-0.2, 0) is 6.54 Å². The molecule has 1 aliphatic heterocycles. The van der Waals surface area contributed by atoms with E-state index in [-0.39, 0.29) is 24.0 Å². The first kappa shape index (κ1) is 20.2. The molecule has 2 aromatic heterocycles. The Labute approximate surface area is 174 Å². The molecule has 0 saturated carbocycles. The molecule has 0 radical (unpaired) electrons. The maximum absolute atomic E-state index is 6.24. The van der Waals surface area contributed by atoms with E-state index < -0.39 is 0 Å². The van der Waals surface area contributed by atoms with Crippen molar-refractivity contribution in [3.63, 3.8) is 0 Å². The van der Waals surface area contributed by atoms with Gasteiger partial charge >= 0.3 is 0 Å². The van der Waals surface area contributed by atoms with E-state index in [1.165, 1.54) is 4.88 Å². The number of aromatic nitrogens is 2. The van der Waals surface area contributed by atoms with Gasteiger partial charge in [0.1, 0.15) is 5.82 Å². The zero-order valence-corrected chi connectivity index (χ0v) is 18.1. The van der Waals surface area contributed by atoms with E-state index in [4.69, 9.17) is 11.6 Å². The zero-order valence-electron chi connectivity index (χ0n) is 14.2. The summed E-state index contributed by atoms with van der Waals surface area (Å²) >= 11 is 7.93. The molecular weight excluding hydrogens is 471 g/mol. The van der Waals surface area contributed by atoms with E-state index in [0.29, 0.717) is 11.1 Å². The van der Waals surface area contributed by atoms with Gasteiger partial charge in [0.25, 0.3) is 0 Å². The summed E-state index contributed by atoms with van der Waals surface area (Å²) in [5.41, 5.74) is 0. The van der Waals surface area contributed by atoms with Gasteiger partial charge in [0, 0.05) is 43.4 Å². The quantitative estimate of drug-likeness (QED) is 0.390. The first-order valence-electron chi connectivity index (χ1n) is 7.89. The number of nitrogens with one attached hydrogen (secondary N) is 2. The number of aryl methyl sites for hydroxylation is 1. The number of pyridine rings is 1. The summed E-state index contributed by atoms with van der Waals surface area (Å²) in [7, 11) is 1.79. The summed E-state index contributed by atoms with van der Waals surface area (Å²) in [5, 5.41) is 8.59. The zero-order chi connectivity index (χ0) is 16.9. The lowest BCUT2D eigenvalue weighted by atomic mass is 10.3. The normalized spacial score (nSPS) is 17.3. The van der Waals surface area contributed by atoms with Crippen LogP contribution < -0.4 is 15.5 Å². The average molecular weight is 493 g/mol. The molecule has 1 aliphatic rings. The number of aliphatic imine (C=N–C) groups is 1. The molecule has 1 saturated heterocycles. The summed E-state index contributed by atoms with van der Waals surface area (Å²) in [6.07, 6.45) is 4.70. The monoisotopic (exact) mass is 492 g/mol. The van der Waals surface area contributed by atoms with E-state index >= 15 is 0 Å². The van der Waals surface area contributed by atoms with Gasteiger partial charge in [-0.2, -0.15) is 0 Å². The van der Waals surface area contributed by atoms with Gasteiger partial charge < -0.3 is 15.5 Å². The Kier molecular flexibility index (Phi) is 7.70. The van der Waals surface area contributed by atoms with Crippen molar-refractivity contribution in [2.75, 3.05) is 25.0 Å². The summed E-state index contributed by atoms with van der Waals surface area (Å²) < 4.78 is 0. The van der Waals surface area contributed by atoms with Crippen molar-refractivity contribution in [2.45, 2.75) is 25.9 Å². The second kappa shape index (κ2) is 9.54. The van der Waals surface area contributed by atoms with Crippen LogP contribution in [0.5, 0.6) is 0 Å². The van der Waals surface area contributed by atoms with Gasteiger partial charge in [0.2, 0.25) is 0 Å². The topological polar surface area (TPSA) is 65.4 Å². The fraction of sp³-hybridized carbons (Fsp3) is 0.438. The predicted octanol–water partition coefficient (Wildman–Crippen LogP) is 3.06. The molecular formula is C16H22ClIN6S. The Bertz CT molecular complexity index is 722. The number of thiazole rings is 1. The van der Waals surface area contributed by atoms with Crippen LogP contribution in [-0.4, -0.2) is 42.1 Å². The second-order valence-electron chi connectivity index (χ2n) is 5.66. The lowest BCUT2D eigenvalue weighted by Crippen LogP contribution is -2.44. The van der Waals surface area contributed by atoms with Crippen LogP contribution in [0, 0.1) is 6.92 Å². The SMILES string of the molecule is CN=C(NCc1cnc(C)s1)NC1CCN(c2ncccc2Cl)C1.I. The fourth-order valence-electron chi connectivity index (χ4n) is 2.73. The number of hydrogen-bond acceptors (Lipinski definition) is 5. The van der Waals surface area contributed by atoms with Crippen molar-refractivity contribution in [3.8, 4) is 0 Å². The summed E-state index contributed by atoms with van der Waals surface area (Å²) in [5.74, 6) is 1.66. The van der Waals surface area contributed by atoms with Gasteiger partial charge in [-0.25, -0.2) is 9.97 Å². The maximum Gasteiger partial charge on any atom is 0.191 e. The number of nitrogens with zero attached hydrogens (tertiary/aromatic N) is 4. The number of halogens is 2. The predicted molar refractivity (Wildman–Crippen MR) is 115 cm³/mol. The van der Waals surface area contributed by atoms with E-state index in [2.05, 4.69) is 30.5 Å². The lowest BCUT2D eigenvalue weighted by molar-refractivity contribution is 0.649. The van der Waals surface area contributed by atoms with Crippen molar-refractivity contribution in [1.82, 2.24) is 20.6 Å². The fourth-order valence-corrected chi connectivity index (χ4v) is 3.70. The van der Waals surface area contributed by atoms with Crippen molar-refractivity contribution >= 4 is 58.7 Å². The maximum atomic E-state index is 6.24. The summed E-state index contributed by atoms with van der Waals surface area (Å²) in [4.78, 5) is 16.4. The Morgan fingerprint density at radius 3 is 3.00 bits per heavy atom. The summed E-state index contributed by atoms with van der Waals surface area (Å²) in [6, 6.07) is 4.05. The van der Waals surface area contributed by atoms with Crippen molar-refractivity contribution in [1.29, 1.82) is 0 Å². The van der Waals surface area contributed by atoms with Crippen LogP contribution in [0.1, 0.15) is 16.3 Å². The molecule has 3 rings (SSSR count). The van der Waals surface area contributed by atoms with Crippen molar-refractivity contribution < 1.29 is 0 Å². The molecule has 0 spiro atoms. The molecule has 0 bridgehead atoms. The smallest absolute Gasteiger partial charge is 0.191 e. The van der Waals surface area contributed by atoms with E-state index in [9.17, 15) is 0 Å². The van der Waals surface area contributed by atoms with Crippen LogP contribution in [0.3, 0.4) is 0 Å². The molecule has 2 aromatic rings. The molecule has 0 aromatic carbocycles. The van der Waals surface area contributed by atoms with Gasteiger partial charge in [-0.1, -0.05) is 11.6 Å². The highest BCUT2D eigenvalue weighted by atomic mass is 127. The largest absolute Gasteiger partial charge is 0.353 e. The average Bonchev–Trinajstić information content (AvgIpc) is 3.21. The Morgan fingerprint density at radius 2 is 2.32 bits per heavy atom. The molecule has 25 heavy (non-hydrogen) atoms. The van der Waals surface area contributed by atoms with Crippen LogP contribution in [0.15, 0.2) is 29.5 Å². The molecule has 9 heteroatoms. The molecule has 1 fully saturated rings. The van der Waals surface area contributed by atoms with Gasteiger partial charge in [0.05, 0.1) is 16.6 Å².